The van der Waals surface area contributed by atoms with Gasteiger partial charge in [-0.3, -0.25) is 0 Å². The van der Waals surface area contributed by atoms with Crippen LogP contribution in [0.5, 0.6) is 0 Å². The number of hydrogen-bond donors (Lipinski definition) is 0. The third kappa shape index (κ3) is 12.8. The van der Waals surface area contributed by atoms with Crippen molar-refractivity contribution in [1.29, 1.82) is 0 Å². The van der Waals surface area contributed by atoms with E-state index in [-0.39, 0.29) is 0 Å². The molecule has 0 aliphatic carbocycles. The second kappa shape index (κ2) is 13.8. The molecule has 0 radical (unpaired) electrons. The van der Waals surface area contributed by atoms with Gasteiger partial charge in [0, 0.05) is 0 Å². The van der Waals surface area contributed by atoms with E-state index in [1.807, 2.05) is 0 Å². The van der Waals surface area contributed by atoms with Gasteiger partial charge in [0.25, 0.3) is 0 Å². The van der Waals surface area contributed by atoms with Gasteiger partial charge in [0.15, 0.2) is 0 Å². The van der Waals surface area contributed by atoms with Gasteiger partial charge in [-0.1, -0.05) is 80.4 Å². The standard InChI is InChI=1S/C9H20.C2H2S3/c1-3-5-7-9-8-6-4-2;1-2-4-5-3-1/h3-9H2,1-2H3;1-2H. The summed E-state index contributed by atoms with van der Waals surface area (Å²) >= 11 is 0. The highest BCUT2D eigenvalue weighted by atomic mass is 33.5. The minimum atomic E-state index is 1.37. The summed E-state index contributed by atoms with van der Waals surface area (Å²) in [6, 6.07) is 0. The van der Waals surface area contributed by atoms with Gasteiger partial charge in [-0.25, -0.2) is 0 Å². The molecule has 0 saturated heterocycles. The fourth-order valence-electron chi connectivity index (χ4n) is 1.14. The number of unbranched alkanes of at least 4 members (excludes halogenated alkanes) is 6. The normalized spacial score (nSPS) is 13.9. The molecule has 1 aliphatic rings. The molecule has 3 heteroatoms. The van der Waals surface area contributed by atoms with E-state index in [2.05, 4.69) is 24.7 Å². The van der Waals surface area contributed by atoms with E-state index in [0.717, 1.165) is 0 Å². The summed E-state index contributed by atoms with van der Waals surface area (Å²) in [5, 5.41) is 4.16. The first-order chi connectivity index (χ1) is 6.91. The van der Waals surface area contributed by atoms with E-state index in [1.54, 1.807) is 31.4 Å². The van der Waals surface area contributed by atoms with Crippen LogP contribution in [0.2, 0.25) is 0 Å². The van der Waals surface area contributed by atoms with Crippen LogP contribution in [0.1, 0.15) is 58.8 Å². The molecule has 0 aromatic carbocycles. The van der Waals surface area contributed by atoms with Crippen molar-refractivity contribution in [3.8, 4) is 0 Å². The highest BCUT2D eigenvalue weighted by Crippen LogP contribution is 2.42. The molecule has 1 rings (SSSR count). The summed E-state index contributed by atoms with van der Waals surface area (Å²) < 4.78 is 0. The van der Waals surface area contributed by atoms with Gasteiger partial charge in [0.2, 0.25) is 0 Å². The topological polar surface area (TPSA) is 0 Å². The van der Waals surface area contributed by atoms with E-state index in [9.17, 15) is 0 Å². The second-order valence-electron chi connectivity index (χ2n) is 3.30. The average Bonchev–Trinajstić information content (AvgIpc) is 2.76. The molecule has 0 aromatic heterocycles. The quantitative estimate of drug-likeness (QED) is 0.403. The summed E-state index contributed by atoms with van der Waals surface area (Å²) in [5.74, 6) is 0. The molecule has 0 saturated carbocycles. The fourth-order valence-corrected chi connectivity index (χ4v) is 4.09. The summed E-state index contributed by atoms with van der Waals surface area (Å²) in [4.78, 5) is 0. The maximum Gasteiger partial charge on any atom is -0.0101 e. The van der Waals surface area contributed by atoms with Crippen LogP contribution in [0.3, 0.4) is 0 Å². The van der Waals surface area contributed by atoms with Crippen LogP contribution in [-0.4, -0.2) is 0 Å². The largest absolute Gasteiger partial charge is 0.0654 e. The monoisotopic (exact) mass is 250 g/mol. The first-order valence-electron chi connectivity index (χ1n) is 5.55. The van der Waals surface area contributed by atoms with Gasteiger partial charge in [-0.2, -0.15) is 0 Å². The molecule has 0 atom stereocenters. The van der Waals surface area contributed by atoms with Crippen LogP contribution in [-0.2, 0) is 0 Å². The number of hydrogen-bond acceptors (Lipinski definition) is 3. The minimum Gasteiger partial charge on any atom is -0.0654 e. The van der Waals surface area contributed by atoms with Gasteiger partial charge in [0.05, 0.1) is 0 Å². The molecule has 0 bridgehead atoms. The van der Waals surface area contributed by atoms with Crippen LogP contribution in [0, 0.1) is 0 Å². The lowest BCUT2D eigenvalue weighted by Gasteiger charge is -1.96. The Labute approximate surface area is 101 Å². The maximum absolute atomic E-state index is 2.26. The SMILES string of the molecule is C1=CSSS1.CCCCCCCCC. The molecule has 0 N–H and O–H groups in total. The molecule has 14 heavy (non-hydrogen) atoms. The van der Waals surface area contributed by atoms with Crippen molar-refractivity contribution in [2.45, 2.75) is 58.8 Å². The lowest BCUT2D eigenvalue weighted by molar-refractivity contribution is 0.602. The highest BCUT2D eigenvalue weighted by Gasteiger charge is 1.87. The van der Waals surface area contributed by atoms with Crippen LogP contribution < -0.4 is 0 Å². The maximum atomic E-state index is 2.26. The van der Waals surface area contributed by atoms with Gasteiger partial charge < -0.3 is 0 Å². The molecule has 0 amide bonds. The minimum absolute atomic E-state index is 1.37. The van der Waals surface area contributed by atoms with Gasteiger partial charge >= 0.3 is 0 Å². The fraction of sp³-hybridized carbons (Fsp3) is 0.818. The highest BCUT2D eigenvalue weighted by molar-refractivity contribution is 9.11. The number of rotatable bonds is 6. The Hall–Kier alpha value is 0.790. The van der Waals surface area contributed by atoms with Crippen molar-refractivity contribution >= 4 is 31.4 Å². The molecule has 1 heterocycles. The molecular weight excluding hydrogens is 228 g/mol. The average molecular weight is 250 g/mol. The molecule has 0 unspecified atom stereocenters. The van der Waals surface area contributed by atoms with E-state index in [0.29, 0.717) is 0 Å². The zero-order valence-corrected chi connectivity index (χ0v) is 11.8. The molecule has 0 spiro atoms. The molecule has 84 valence electrons. The molecule has 1 aliphatic heterocycles. The lowest BCUT2D eigenvalue weighted by Crippen LogP contribution is -1.76. The van der Waals surface area contributed by atoms with Crippen LogP contribution >= 0.6 is 31.4 Å². The van der Waals surface area contributed by atoms with Gasteiger partial charge in [0.1, 0.15) is 0 Å². The smallest absolute Gasteiger partial charge is 0.0101 e. The van der Waals surface area contributed by atoms with Crippen molar-refractivity contribution in [2.24, 2.45) is 0 Å². The van der Waals surface area contributed by atoms with Crippen molar-refractivity contribution in [3.63, 3.8) is 0 Å². The van der Waals surface area contributed by atoms with Crippen molar-refractivity contribution in [2.75, 3.05) is 0 Å². The van der Waals surface area contributed by atoms with E-state index < -0.39 is 0 Å². The Bertz CT molecular complexity index is 112. The van der Waals surface area contributed by atoms with Crippen LogP contribution in [0.4, 0.5) is 0 Å². The first kappa shape index (κ1) is 14.8. The summed E-state index contributed by atoms with van der Waals surface area (Å²) in [7, 11) is 5.34. The van der Waals surface area contributed by atoms with E-state index in [4.69, 9.17) is 0 Å². The molecule has 0 aromatic rings. The van der Waals surface area contributed by atoms with E-state index >= 15 is 0 Å². The zero-order valence-electron chi connectivity index (χ0n) is 9.33. The van der Waals surface area contributed by atoms with Crippen molar-refractivity contribution < 1.29 is 0 Å². The van der Waals surface area contributed by atoms with E-state index in [1.165, 1.54) is 44.9 Å². The summed E-state index contributed by atoms with van der Waals surface area (Å²) in [6.45, 7) is 4.53. The molecular formula is C11H22S3. The Morgan fingerprint density at radius 2 is 1.14 bits per heavy atom. The Morgan fingerprint density at radius 3 is 1.43 bits per heavy atom. The Balaban J connectivity index is 0.000000280. The molecule has 0 fully saturated rings. The first-order valence-corrected chi connectivity index (χ1v) is 9.16. The predicted octanol–water partition coefficient (Wildman–Crippen LogP) is 6.26. The van der Waals surface area contributed by atoms with Crippen molar-refractivity contribution in [3.05, 3.63) is 10.8 Å². The van der Waals surface area contributed by atoms with Gasteiger partial charge in [-0.15, -0.1) is 0 Å². The third-order valence-corrected chi connectivity index (χ3v) is 5.33. The predicted molar refractivity (Wildman–Crippen MR) is 75.6 cm³/mol. The zero-order chi connectivity index (χ0) is 10.5. The summed E-state index contributed by atoms with van der Waals surface area (Å²) in [6.07, 6.45) is 9.97. The Morgan fingerprint density at radius 1 is 0.714 bits per heavy atom. The molecule has 0 nitrogen and oxygen atoms in total. The third-order valence-electron chi connectivity index (χ3n) is 1.95. The summed E-state index contributed by atoms with van der Waals surface area (Å²) in [5.41, 5.74) is 0. The Kier molecular flexibility index (Phi) is 14.6. The van der Waals surface area contributed by atoms with Gasteiger partial charge in [-0.05, 0) is 20.6 Å². The lowest BCUT2D eigenvalue weighted by atomic mass is 10.1. The van der Waals surface area contributed by atoms with Crippen molar-refractivity contribution in [1.82, 2.24) is 0 Å². The second-order valence-corrected chi connectivity index (χ2v) is 7.15. The van der Waals surface area contributed by atoms with Crippen LogP contribution in [0.25, 0.3) is 0 Å². The van der Waals surface area contributed by atoms with Crippen LogP contribution in [0.15, 0.2) is 10.8 Å².